The van der Waals surface area contributed by atoms with Crippen LogP contribution in [0.2, 0.25) is 0 Å². The lowest BCUT2D eigenvalue weighted by molar-refractivity contribution is -0.126. The highest BCUT2D eigenvalue weighted by Gasteiger charge is 2.38. The first-order valence-corrected chi connectivity index (χ1v) is 9.60. The van der Waals surface area contributed by atoms with Crippen molar-refractivity contribution < 1.29 is 9.59 Å². The van der Waals surface area contributed by atoms with Gasteiger partial charge in [0.15, 0.2) is 0 Å². The van der Waals surface area contributed by atoms with Crippen molar-refractivity contribution in [2.75, 3.05) is 45.9 Å². The summed E-state index contributed by atoms with van der Waals surface area (Å²) in [6, 6.07) is -0.179. The van der Waals surface area contributed by atoms with E-state index >= 15 is 0 Å². The van der Waals surface area contributed by atoms with Crippen molar-refractivity contribution in [2.24, 2.45) is 5.92 Å². The fourth-order valence-corrected chi connectivity index (χ4v) is 4.28. The number of carbonyl (C=O) groups is 2. The van der Waals surface area contributed by atoms with Crippen molar-refractivity contribution in [3.8, 4) is 0 Å². The number of rotatable bonds is 5. The SMILES string of the molecule is CC(C)N1C(=O)CN(CN2CCN(CC3CCCCC3)CC2)C1=O. The van der Waals surface area contributed by atoms with E-state index in [0.717, 1.165) is 32.1 Å². The van der Waals surface area contributed by atoms with Crippen molar-refractivity contribution in [3.05, 3.63) is 0 Å². The molecule has 24 heavy (non-hydrogen) atoms. The average Bonchev–Trinajstić information content (AvgIpc) is 2.84. The molecule has 3 aliphatic rings. The van der Waals surface area contributed by atoms with Crippen LogP contribution in [0.4, 0.5) is 4.79 Å². The number of nitrogens with zero attached hydrogens (tertiary/aromatic N) is 4. The van der Waals surface area contributed by atoms with E-state index in [9.17, 15) is 9.59 Å². The van der Waals surface area contributed by atoms with Gasteiger partial charge in [-0.2, -0.15) is 0 Å². The second kappa shape index (κ2) is 7.83. The standard InChI is InChI=1S/C18H32N4O2/c1-15(2)22-17(23)13-21(18(22)24)14-20-10-8-19(9-11-20)12-16-6-4-3-5-7-16/h15-16H,3-14H2,1-2H3. The Morgan fingerprint density at radius 2 is 1.58 bits per heavy atom. The van der Waals surface area contributed by atoms with Gasteiger partial charge in [0.1, 0.15) is 6.54 Å². The Morgan fingerprint density at radius 3 is 2.17 bits per heavy atom. The maximum absolute atomic E-state index is 12.4. The summed E-state index contributed by atoms with van der Waals surface area (Å²) < 4.78 is 0. The number of carbonyl (C=O) groups excluding carboxylic acids is 2. The minimum atomic E-state index is -0.125. The van der Waals surface area contributed by atoms with Gasteiger partial charge < -0.3 is 9.80 Å². The highest BCUT2D eigenvalue weighted by atomic mass is 16.2. The second-order valence-corrected chi connectivity index (χ2v) is 7.90. The highest BCUT2D eigenvalue weighted by Crippen LogP contribution is 2.25. The lowest BCUT2D eigenvalue weighted by Crippen LogP contribution is -2.51. The van der Waals surface area contributed by atoms with Crippen LogP contribution in [0.25, 0.3) is 0 Å². The van der Waals surface area contributed by atoms with Gasteiger partial charge in [-0.1, -0.05) is 19.3 Å². The molecular weight excluding hydrogens is 304 g/mol. The molecule has 0 aromatic carbocycles. The molecule has 0 atom stereocenters. The molecular formula is C18H32N4O2. The number of hydrogen-bond donors (Lipinski definition) is 0. The summed E-state index contributed by atoms with van der Waals surface area (Å²) in [5.74, 6) is 0.827. The lowest BCUT2D eigenvalue weighted by atomic mass is 9.89. The first-order valence-electron chi connectivity index (χ1n) is 9.60. The fraction of sp³-hybridized carbons (Fsp3) is 0.889. The van der Waals surface area contributed by atoms with Gasteiger partial charge in [0.2, 0.25) is 0 Å². The largest absolute Gasteiger partial charge is 0.328 e. The molecule has 6 heteroatoms. The minimum Gasteiger partial charge on any atom is -0.302 e. The number of urea groups is 1. The zero-order chi connectivity index (χ0) is 17.1. The van der Waals surface area contributed by atoms with Gasteiger partial charge in [0, 0.05) is 38.8 Å². The fourth-order valence-electron chi connectivity index (χ4n) is 4.28. The van der Waals surface area contributed by atoms with E-state index < -0.39 is 0 Å². The molecule has 1 aliphatic carbocycles. The lowest BCUT2D eigenvalue weighted by Gasteiger charge is -2.38. The first-order chi connectivity index (χ1) is 11.5. The molecule has 2 aliphatic heterocycles. The van der Waals surface area contributed by atoms with Crippen molar-refractivity contribution >= 4 is 11.9 Å². The van der Waals surface area contributed by atoms with E-state index in [0.29, 0.717) is 6.67 Å². The molecule has 2 heterocycles. The van der Waals surface area contributed by atoms with E-state index in [1.165, 1.54) is 43.5 Å². The normalized spacial score (nSPS) is 25.3. The van der Waals surface area contributed by atoms with Crippen molar-refractivity contribution in [1.82, 2.24) is 19.6 Å². The van der Waals surface area contributed by atoms with Crippen LogP contribution in [0.15, 0.2) is 0 Å². The van der Waals surface area contributed by atoms with Crippen LogP contribution in [-0.4, -0.2) is 83.5 Å². The molecule has 0 aromatic heterocycles. The first kappa shape index (κ1) is 17.7. The Morgan fingerprint density at radius 1 is 0.958 bits per heavy atom. The van der Waals surface area contributed by atoms with Gasteiger partial charge in [0.25, 0.3) is 5.91 Å². The number of hydrogen-bond acceptors (Lipinski definition) is 4. The topological polar surface area (TPSA) is 47.1 Å². The van der Waals surface area contributed by atoms with Crippen LogP contribution in [0, 0.1) is 5.92 Å². The predicted molar refractivity (Wildman–Crippen MR) is 93.5 cm³/mol. The van der Waals surface area contributed by atoms with E-state index in [-0.39, 0.29) is 24.5 Å². The van der Waals surface area contributed by atoms with Gasteiger partial charge in [0.05, 0.1) is 6.67 Å². The van der Waals surface area contributed by atoms with Crippen molar-refractivity contribution in [1.29, 1.82) is 0 Å². The third-order valence-electron chi connectivity index (χ3n) is 5.66. The summed E-state index contributed by atoms with van der Waals surface area (Å²) in [5, 5.41) is 0. The molecule has 0 unspecified atom stereocenters. The van der Waals surface area contributed by atoms with Crippen LogP contribution in [0.1, 0.15) is 46.0 Å². The molecule has 6 nitrogen and oxygen atoms in total. The maximum Gasteiger partial charge on any atom is 0.328 e. The zero-order valence-corrected chi connectivity index (χ0v) is 15.2. The van der Waals surface area contributed by atoms with Gasteiger partial charge >= 0.3 is 6.03 Å². The van der Waals surface area contributed by atoms with Crippen LogP contribution in [0.5, 0.6) is 0 Å². The third-order valence-corrected chi connectivity index (χ3v) is 5.66. The predicted octanol–water partition coefficient (Wildman–Crippen LogP) is 1.81. The third kappa shape index (κ3) is 4.09. The number of imide groups is 1. The second-order valence-electron chi connectivity index (χ2n) is 7.90. The molecule has 0 spiro atoms. The summed E-state index contributed by atoms with van der Waals surface area (Å²) in [7, 11) is 0. The Kier molecular flexibility index (Phi) is 5.76. The molecule has 2 saturated heterocycles. The zero-order valence-electron chi connectivity index (χ0n) is 15.2. The van der Waals surface area contributed by atoms with E-state index in [1.54, 1.807) is 4.90 Å². The Labute approximate surface area is 145 Å². The van der Waals surface area contributed by atoms with Gasteiger partial charge in [-0.15, -0.1) is 0 Å². The average molecular weight is 336 g/mol. The highest BCUT2D eigenvalue weighted by molar-refractivity contribution is 6.02. The molecule has 0 radical (unpaired) electrons. The van der Waals surface area contributed by atoms with Gasteiger partial charge in [-0.25, -0.2) is 4.79 Å². The quantitative estimate of drug-likeness (QED) is 0.719. The molecule has 136 valence electrons. The van der Waals surface area contributed by atoms with Gasteiger partial charge in [-0.3, -0.25) is 14.6 Å². The Balaban J connectivity index is 1.42. The van der Waals surface area contributed by atoms with Crippen LogP contribution in [0.3, 0.4) is 0 Å². The van der Waals surface area contributed by atoms with Crippen LogP contribution in [-0.2, 0) is 4.79 Å². The summed E-state index contributed by atoms with van der Waals surface area (Å²) in [6.07, 6.45) is 7.02. The maximum atomic E-state index is 12.4. The van der Waals surface area contributed by atoms with Crippen LogP contribution >= 0.6 is 0 Å². The minimum absolute atomic E-state index is 0.0534. The summed E-state index contributed by atoms with van der Waals surface area (Å²) in [6.45, 7) is 10.0. The smallest absolute Gasteiger partial charge is 0.302 e. The van der Waals surface area contributed by atoms with Gasteiger partial charge in [-0.05, 0) is 32.6 Å². The molecule has 0 bridgehead atoms. The number of piperazine rings is 1. The Bertz CT molecular complexity index is 454. The molecule has 0 N–H and O–H groups in total. The van der Waals surface area contributed by atoms with Crippen molar-refractivity contribution in [3.63, 3.8) is 0 Å². The monoisotopic (exact) mass is 336 g/mol. The number of amides is 3. The van der Waals surface area contributed by atoms with Crippen LogP contribution < -0.4 is 0 Å². The van der Waals surface area contributed by atoms with E-state index in [4.69, 9.17) is 0 Å². The molecule has 3 amide bonds. The molecule has 0 aromatic rings. The molecule has 3 fully saturated rings. The summed E-state index contributed by atoms with van der Waals surface area (Å²) in [4.78, 5) is 32.3. The van der Waals surface area contributed by atoms with E-state index in [1.807, 2.05) is 13.8 Å². The van der Waals surface area contributed by atoms with Crippen molar-refractivity contribution in [2.45, 2.75) is 52.0 Å². The molecule has 1 saturated carbocycles. The summed E-state index contributed by atoms with van der Waals surface area (Å²) >= 11 is 0. The molecule has 3 rings (SSSR count). The Hall–Kier alpha value is -1.14. The summed E-state index contributed by atoms with van der Waals surface area (Å²) in [5.41, 5.74) is 0. The van der Waals surface area contributed by atoms with E-state index in [2.05, 4.69) is 9.80 Å².